The molecular formula is C9H10BrClS. The molecule has 0 aliphatic heterocycles. The van der Waals surface area contributed by atoms with E-state index < -0.39 is 0 Å². The minimum Gasteiger partial charge on any atom is -0.151 e. The Balaban J connectivity index is 2.16. The molecule has 2 atom stereocenters. The molecule has 66 valence electrons. The highest BCUT2D eigenvalue weighted by Gasteiger charge is 2.25. The van der Waals surface area contributed by atoms with Crippen LogP contribution < -0.4 is 0 Å². The van der Waals surface area contributed by atoms with Crippen molar-refractivity contribution in [2.45, 2.75) is 30.6 Å². The Morgan fingerprint density at radius 2 is 2.25 bits per heavy atom. The van der Waals surface area contributed by atoms with Crippen molar-refractivity contribution in [3.8, 4) is 0 Å². The van der Waals surface area contributed by atoms with Crippen molar-refractivity contribution in [3.63, 3.8) is 0 Å². The van der Waals surface area contributed by atoms with Crippen LogP contribution in [0.5, 0.6) is 0 Å². The van der Waals surface area contributed by atoms with Gasteiger partial charge >= 0.3 is 0 Å². The van der Waals surface area contributed by atoms with E-state index in [9.17, 15) is 0 Å². The molecule has 1 aliphatic carbocycles. The summed E-state index contributed by atoms with van der Waals surface area (Å²) in [4.78, 5) is 0. The summed E-state index contributed by atoms with van der Waals surface area (Å²) < 4.78 is 1.27. The van der Waals surface area contributed by atoms with Gasteiger partial charge in [-0.25, -0.2) is 0 Å². The molecule has 3 heteroatoms. The third-order valence-corrected chi connectivity index (χ3v) is 4.60. The summed E-state index contributed by atoms with van der Waals surface area (Å²) in [5.74, 6) is 0.702. The highest BCUT2D eigenvalue weighted by atomic mass is 79.9. The van der Waals surface area contributed by atoms with Crippen LogP contribution in [0.25, 0.3) is 0 Å². The minimum atomic E-state index is 0.404. The first-order chi connectivity index (χ1) is 5.77. The average molecular weight is 266 g/mol. The summed E-state index contributed by atoms with van der Waals surface area (Å²) in [6, 6.07) is 0. The van der Waals surface area contributed by atoms with E-state index in [0.29, 0.717) is 11.3 Å². The lowest BCUT2D eigenvalue weighted by atomic mass is 10.0. The summed E-state index contributed by atoms with van der Waals surface area (Å²) in [6.45, 7) is 0. The van der Waals surface area contributed by atoms with Crippen LogP contribution in [-0.4, -0.2) is 5.38 Å². The third-order valence-electron chi connectivity index (χ3n) is 2.45. The summed E-state index contributed by atoms with van der Waals surface area (Å²) in [6.07, 6.45) is 3.58. The van der Waals surface area contributed by atoms with E-state index in [2.05, 4.69) is 26.7 Å². The Hall–Kier alpha value is 0.470. The molecule has 2 unspecified atom stereocenters. The van der Waals surface area contributed by atoms with Gasteiger partial charge in [-0.2, -0.15) is 11.3 Å². The number of thiophene rings is 1. The van der Waals surface area contributed by atoms with E-state index in [0.717, 1.165) is 6.42 Å². The van der Waals surface area contributed by atoms with Crippen molar-refractivity contribution >= 4 is 38.9 Å². The Bertz CT molecular complexity index is 271. The lowest BCUT2D eigenvalue weighted by Gasteiger charge is -2.06. The molecule has 1 fully saturated rings. The number of rotatable bonds is 1. The SMILES string of the molecule is ClC1CCC(c2cscc2Br)C1. The van der Waals surface area contributed by atoms with E-state index in [1.807, 2.05) is 0 Å². The Labute approximate surface area is 90.1 Å². The quantitative estimate of drug-likeness (QED) is 0.661. The van der Waals surface area contributed by atoms with Crippen LogP contribution in [0, 0.1) is 0 Å². The predicted octanol–water partition coefficient (Wildman–Crippen LogP) is 4.39. The first-order valence-corrected chi connectivity index (χ1v) is 6.30. The van der Waals surface area contributed by atoms with E-state index in [4.69, 9.17) is 11.6 Å². The van der Waals surface area contributed by atoms with Gasteiger partial charge in [-0.1, -0.05) is 0 Å². The molecule has 0 spiro atoms. The molecule has 0 bridgehead atoms. The lowest BCUT2D eigenvalue weighted by Crippen LogP contribution is -1.92. The molecule has 1 aromatic heterocycles. The van der Waals surface area contributed by atoms with Crippen LogP contribution >= 0.6 is 38.9 Å². The van der Waals surface area contributed by atoms with Gasteiger partial charge in [0.05, 0.1) is 0 Å². The maximum Gasteiger partial charge on any atom is 0.0342 e. The van der Waals surface area contributed by atoms with E-state index in [1.165, 1.54) is 22.9 Å². The number of halogens is 2. The Kier molecular flexibility index (Phi) is 2.78. The summed E-state index contributed by atoms with van der Waals surface area (Å²) >= 11 is 11.4. The van der Waals surface area contributed by atoms with E-state index >= 15 is 0 Å². The predicted molar refractivity (Wildman–Crippen MR) is 58.3 cm³/mol. The fourth-order valence-corrected chi connectivity index (χ4v) is 3.84. The normalized spacial score (nSPS) is 29.5. The molecule has 0 N–H and O–H groups in total. The van der Waals surface area contributed by atoms with Gasteiger partial charge < -0.3 is 0 Å². The largest absolute Gasteiger partial charge is 0.151 e. The van der Waals surface area contributed by atoms with Crippen molar-refractivity contribution in [1.82, 2.24) is 0 Å². The van der Waals surface area contributed by atoms with Gasteiger partial charge in [0.15, 0.2) is 0 Å². The van der Waals surface area contributed by atoms with Crippen molar-refractivity contribution < 1.29 is 0 Å². The molecule has 0 radical (unpaired) electrons. The van der Waals surface area contributed by atoms with Crippen molar-refractivity contribution in [1.29, 1.82) is 0 Å². The standard InChI is InChI=1S/C9H10BrClS/c10-9-5-12-4-8(9)6-1-2-7(11)3-6/h4-7H,1-3H2. The van der Waals surface area contributed by atoms with Gasteiger partial charge in [0, 0.05) is 15.2 Å². The molecule has 1 saturated carbocycles. The molecule has 1 aliphatic rings. The van der Waals surface area contributed by atoms with Crippen LogP contribution in [0.15, 0.2) is 15.2 Å². The lowest BCUT2D eigenvalue weighted by molar-refractivity contribution is 0.724. The highest BCUT2D eigenvalue weighted by molar-refractivity contribution is 9.10. The highest BCUT2D eigenvalue weighted by Crippen LogP contribution is 2.41. The van der Waals surface area contributed by atoms with Gasteiger partial charge in [-0.3, -0.25) is 0 Å². The first-order valence-electron chi connectivity index (χ1n) is 4.13. The van der Waals surface area contributed by atoms with Gasteiger partial charge in [0.25, 0.3) is 0 Å². The van der Waals surface area contributed by atoms with Gasteiger partial charge in [0.1, 0.15) is 0 Å². The van der Waals surface area contributed by atoms with Gasteiger partial charge in [-0.15, -0.1) is 11.6 Å². The number of alkyl halides is 1. The molecule has 1 aromatic rings. The number of hydrogen-bond donors (Lipinski definition) is 0. The van der Waals surface area contributed by atoms with Crippen LogP contribution in [0.4, 0.5) is 0 Å². The molecule has 0 amide bonds. The molecule has 0 nitrogen and oxygen atoms in total. The third kappa shape index (κ3) is 1.70. The Morgan fingerprint density at radius 3 is 2.75 bits per heavy atom. The molecule has 0 saturated heterocycles. The molecule has 0 aromatic carbocycles. The van der Waals surface area contributed by atoms with E-state index in [1.54, 1.807) is 11.3 Å². The zero-order valence-corrected chi connectivity index (χ0v) is 9.75. The van der Waals surface area contributed by atoms with Gasteiger partial charge in [-0.05, 0) is 52.1 Å². The minimum absolute atomic E-state index is 0.404. The average Bonchev–Trinajstić information content (AvgIpc) is 2.58. The van der Waals surface area contributed by atoms with Crippen LogP contribution in [0.2, 0.25) is 0 Å². The van der Waals surface area contributed by atoms with Crippen molar-refractivity contribution in [2.24, 2.45) is 0 Å². The second kappa shape index (κ2) is 3.69. The zero-order chi connectivity index (χ0) is 8.55. The Morgan fingerprint density at radius 1 is 1.42 bits per heavy atom. The molecule has 2 rings (SSSR count). The smallest absolute Gasteiger partial charge is 0.0342 e. The van der Waals surface area contributed by atoms with Crippen LogP contribution in [0.1, 0.15) is 30.7 Å². The molecule has 12 heavy (non-hydrogen) atoms. The van der Waals surface area contributed by atoms with Crippen molar-refractivity contribution in [3.05, 3.63) is 20.8 Å². The second-order valence-electron chi connectivity index (χ2n) is 3.28. The fourth-order valence-electron chi connectivity index (χ4n) is 1.79. The van der Waals surface area contributed by atoms with Crippen molar-refractivity contribution in [2.75, 3.05) is 0 Å². The second-order valence-corrected chi connectivity index (χ2v) is 5.50. The zero-order valence-electron chi connectivity index (χ0n) is 6.59. The maximum absolute atomic E-state index is 6.06. The summed E-state index contributed by atoms with van der Waals surface area (Å²) in [5, 5.41) is 4.79. The van der Waals surface area contributed by atoms with Gasteiger partial charge in [0.2, 0.25) is 0 Å². The maximum atomic E-state index is 6.06. The summed E-state index contributed by atoms with van der Waals surface area (Å²) in [7, 11) is 0. The monoisotopic (exact) mass is 264 g/mol. The summed E-state index contributed by atoms with van der Waals surface area (Å²) in [5.41, 5.74) is 1.46. The topological polar surface area (TPSA) is 0 Å². The van der Waals surface area contributed by atoms with E-state index in [-0.39, 0.29) is 0 Å². The molecule has 1 heterocycles. The van der Waals surface area contributed by atoms with Crippen LogP contribution in [0.3, 0.4) is 0 Å². The van der Waals surface area contributed by atoms with Crippen LogP contribution in [-0.2, 0) is 0 Å². The first kappa shape index (κ1) is 9.04. The number of hydrogen-bond acceptors (Lipinski definition) is 1. The fraction of sp³-hybridized carbons (Fsp3) is 0.556. The molecular weight excluding hydrogens is 256 g/mol.